The summed E-state index contributed by atoms with van der Waals surface area (Å²) >= 11 is 0. The molecule has 0 aromatic heterocycles. The second-order valence-corrected chi connectivity index (χ2v) is 4.42. The lowest BCUT2D eigenvalue weighted by Gasteiger charge is -2.17. The highest BCUT2D eigenvalue weighted by molar-refractivity contribution is 5.85. The van der Waals surface area contributed by atoms with Crippen LogP contribution in [0.1, 0.15) is 50.7 Å². The summed E-state index contributed by atoms with van der Waals surface area (Å²) < 4.78 is 0. The third-order valence-corrected chi connectivity index (χ3v) is 2.51. The quantitative estimate of drug-likeness (QED) is 0.761. The summed E-state index contributed by atoms with van der Waals surface area (Å²) in [6, 6.07) is 3.96. The molecule has 1 aromatic carbocycles. The Kier molecular flexibility index (Phi) is 4.95. The van der Waals surface area contributed by atoms with Gasteiger partial charge in [0, 0.05) is 11.4 Å². The fraction of sp³-hybridized carbons (Fsp3) is 0.500. The van der Waals surface area contributed by atoms with E-state index in [4.69, 9.17) is 11.5 Å². The first kappa shape index (κ1) is 14.1. The molecule has 86 valence electrons. The van der Waals surface area contributed by atoms with Crippen LogP contribution in [0.4, 0.5) is 11.4 Å². The Morgan fingerprint density at radius 1 is 0.867 bits per heavy atom. The van der Waals surface area contributed by atoms with Crippen LogP contribution >= 0.6 is 12.4 Å². The number of hydrogen-bond donors (Lipinski definition) is 2. The minimum Gasteiger partial charge on any atom is -0.399 e. The summed E-state index contributed by atoms with van der Waals surface area (Å²) in [5.41, 5.74) is 16.0. The van der Waals surface area contributed by atoms with E-state index < -0.39 is 0 Å². The van der Waals surface area contributed by atoms with Gasteiger partial charge in [0.1, 0.15) is 0 Å². The van der Waals surface area contributed by atoms with Crippen LogP contribution in [0.3, 0.4) is 0 Å². The predicted molar refractivity (Wildman–Crippen MR) is 70.7 cm³/mol. The first-order chi connectivity index (χ1) is 6.43. The molecular weight excluding hydrogens is 208 g/mol. The van der Waals surface area contributed by atoms with E-state index in [1.165, 1.54) is 0 Å². The highest BCUT2D eigenvalue weighted by atomic mass is 35.5. The maximum Gasteiger partial charge on any atom is 0.0385 e. The van der Waals surface area contributed by atoms with Gasteiger partial charge in [-0.1, -0.05) is 27.7 Å². The molecule has 1 aromatic rings. The topological polar surface area (TPSA) is 52.0 Å². The zero-order valence-corrected chi connectivity index (χ0v) is 10.7. The van der Waals surface area contributed by atoms with Crippen LogP contribution in [0.15, 0.2) is 12.1 Å². The maximum absolute atomic E-state index is 6.10. The molecule has 3 heteroatoms. The van der Waals surface area contributed by atoms with Crippen LogP contribution in [0.5, 0.6) is 0 Å². The van der Waals surface area contributed by atoms with Gasteiger partial charge < -0.3 is 11.5 Å². The number of benzene rings is 1. The number of rotatable bonds is 2. The van der Waals surface area contributed by atoms with Crippen molar-refractivity contribution in [3.05, 3.63) is 23.3 Å². The molecule has 0 aliphatic carbocycles. The van der Waals surface area contributed by atoms with Crippen LogP contribution < -0.4 is 11.5 Å². The van der Waals surface area contributed by atoms with Crippen molar-refractivity contribution in [3.8, 4) is 0 Å². The third-order valence-electron chi connectivity index (χ3n) is 2.51. The Balaban J connectivity index is 0.00000196. The lowest BCUT2D eigenvalue weighted by molar-refractivity contribution is 0.841. The van der Waals surface area contributed by atoms with E-state index in [0.29, 0.717) is 11.8 Å². The zero-order chi connectivity index (χ0) is 10.9. The van der Waals surface area contributed by atoms with E-state index in [1.807, 2.05) is 12.1 Å². The average Bonchev–Trinajstić information content (AvgIpc) is 2.07. The zero-order valence-electron chi connectivity index (χ0n) is 9.87. The predicted octanol–water partition coefficient (Wildman–Crippen LogP) is 3.52. The highest BCUT2D eigenvalue weighted by Crippen LogP contribution is 2.32. The van der Waals surface area contributed by atoms with Crippen molar-refractivity contribution in [1.82, 2.24) is 0 Å². The van der Waals surface area contributed by atoms with Crippen molar-refractivity contribution in [1.29, 1.82) is 0 Å². The van der Waals surface area contributed by atoms with Crippen molar-refractivity contribution in [2.45, 2.75) is 39.5 Å². The van der Waals surface area contributed by atoms with Gasteiger partial charge in [0.15, 0.2) is 0 Å². The molecule has 0 amide bonds. The van der Waals surface area contributed by atoms with Crippen LogP contribution in [0.2, 0.25) is 0 Å². The van der Waals surface area contributed by atoms with Gasteiger partial charge in [-0.15, -0.1) is 12.4 Å². The summed E-state index contributed by atoms with van der Waals surface area (Å²) in [5, 5.41) is 0. The molecule has 0 spiro atoms. The molecule has 0 aliphatic heterocycles. The summed E-state index contributed by atoms with van der Waals surface area (Å²) in [5.74, 6) is 0.854. The first-order valence-electron chi connectivity index (χ1n) is 5.12. The van der Waals surface area contributed by atoms with Gasteiger partial charge in [-0.3, -0.25) is 0 Å². The van der Waals surface area contributed by atoms with Crippen molar-refractivity contribution >= 4 is 23.8 Å². The highest BCUT2D eigenvalue weighted by Gasteiger charge is 2.12. The standard InChI is InChI=1S/C12H20N2.ClH/c1-7(2)10-5-9(13)6-11(8(3)4)12(10)14;/h5-8H,13-14H2,1-4H3;1H. The second kappa shape index (κ2) is 5.26. The van der Waals surface area contributed by atoms with E-state index in [9.17, 15) is 0 Å². The van der Waals surface area contributed by atoms with Crippen molar-refractivity contribution < 1.29 is 0 Å². The largest absolute Gasteiger partial charge is 0.399 e. The number of anilines is 2. The molecule has 0 heterocycles. The first-order valence-corrected chi connectivity index (χ1v) is 5.12. The average molecular weight is 229 g/mol. The van der Waals surface area contributed by atoms with Crippen LogP contribution in [0.25, 0.3) is 0 Å². The van der Waals surface area contributed by atoms with Crippen LogP contribution in [-0.2, 0) is 0 Å². The molecule has 0 radical (unpaired) electrons. The molecule has 0 atom stereocenters. The van der Waals surface area contributed by atoms with Crippen molar-refractivity contribution in [2.75, 3.05) is 11.5 Å². The van der Waals surface area contributed by atoms with E-state index >= 15 is 0 Å². The molecule has 0 saturated heterocycles. The molecule has 0 fully saturated rings. The fourth-order valence-corrected chi connectivity index (χ4v) is 1.68. The maximum atomic E-state index is 6.10. The minimum absolute atomic E-state index is 0. The molecule has 4 N–H and O–H groups in total. The van der Waals surface area contributed by atoms with Crippen LogP contribution in [-0.4, -0.2) is 0 Å². The fourth-order valence-electron chi connectivity index (χ4n) is 1.68. The Morgan fingerprint density at radius 2 is 1.20 bits per heavy atom. The third kappa shape index (κ3) is 3.03. The van der Waals surface area contributed by atoms with Crippen molar-refractivity contribution in [2.24, 2.45) is 0 Å². The van der Waals surface area contributed by atoms with Gasteiger partial charge in [0.05, 0.1) is 0 Å². The van der Waals surface area contributed by atoms with E-state index in [1.54, 1.807) is 0 Å². The summed E-state index contributed by atoms with van der Waals surface area (Å²) in [4.78, 5) is 0. The number of nitrogen functional groups attached to an aromatic ring is 2. The lowest BCUT2D eigenvalue weighted by atomic mass is 9.92. The molecule has 15 heavy (non-hydrogen) atoms. The van der Waals surface area contributed by atoms with Gasteiger partial charge in [-0.05, 0) is 35.1 Å². The SMILES string of the molecule is CC(C)c1cc(N)cc(C(C)C)c1N.Cl. The Hall–Kier alpha value is -0.890. The van der Waals surface area contributed by atoms with Gasteiger partial charge in [0.25, 0.3) is 0 Å². The lowest BCUT2D eigenvalue weighted by Crippen LogP contribution is -2.04. The molecule has 0 unspecified atom stereocenters. The molecule has 1 rings (SSSR count). The Bertz CT molecular complexity index is 303. The smallest absolute Gasteiger partial charge is 0.0385 e. The molecule has 0 bridgehead atoms. The number of hydrogen-bond acceptors (Lipinski definition) is 2. The monoisotopic (exact) mass is 228 g/mol. The van der Waals surface area contributed by atoms with Gasteiger partial charge in [0.2, 0.25) is 0 Å². The molecule has 2 nitrogen and oxygen atoms in total. The molecular formula is C12H21ClN2. The van der Waals surface area contributed by atoms with Gasteiger partial charge in [-0.2, -0.15) is 0 Å². The summed E-state index contributed by atoms with van der Waals surface area (Å²) in [6.07, 6.45) is 0. The number of halogens is 1. The normalized spacial score (nSPS) is 10.5. The van der Waals surface area contributed by atoms with E-state index in [0.717, 1.165) is 22.5 Å². The van der Waals surface area contributed by atoms with Crippen LogP contribution in [0, 0.1) is 0 Å². The summed E-state index contributed by atoms with van der Waals surface area (Å²) in [6.45, 7) is 8.54. The van der Waals surface area contributed by atoms with E-state index in [2.05, 4.69) is 27.7 Å². The second-order valence-electron chi connectivity index (χ2n) is 4.42. The van der Waals surface area contributed by atoms with Gasteiger partial charge in [-0.25, -0.2) is 0 Å². The van der Waals surface area contributed by atoms with Crippen molar-refractivity contribution in [3.63, 3.8) is 0 Å². The Labute approximate surface area is 98.5 Å². The summed E-state index contributed by atoms with van der Waals surface area (Å²) in [7, 11) is 0. The van der Waals surface area contributed by atoms with E-state index in [-0.39, 0.29) is 12.4 Å². The van der Waals surface area contributed by atoms with Gasteiger partial charge >= 0.3 is 0 Å². The number of nitrogens with two attached hydrogens (primary N) is 2. The molecule has 0 aliphatic rings. The minimum atomic E-state index is 0. The Morgan fingerprint density at radius 3 is 1.47 bits per heavy atom. The molecule has 0 saturated carbocycles.